The zero-order chi connectivity index (χ0) is 32.4. The predicted molar refractivity (Wildman–Crippen MR) is 160 cm³/mol. The molecule has 5 aliphatic rings. The van der Waals surface area contributed by atoms with Gasteiger partial charge in [-0.05, 0) is 110 Å². The monoisotopic (exact) mass is 648 g/mol. The first-order chi connectivity index (χ1) is 20.5. The summed E-state index contributed by atoms with van der Waals surface area (Å²) in [5, 5.41) is 52.2. The van der Waals surface area contributed by atoms with Crippen LogP contribution in [0.3, 0.4) is 0 Å². The van der Waals surface area contributed by atoms with Crippen LogP contribution in [0.25, 0.3) is 0 Å². The van der Waals surface area contributed by atoms with E-state index in [-0.39, 0.29) is 65.0 Å². The maximum absolute atomic E-state index is 12.1. The highest BCUT2D eigenvalue weighted by molar-refractivity contribution is 7.80. The van der Waals surface area contributed by atoms with Crippen LogP contribution in [-0.2, 0) is 24.1 Å². The Bertz CT molecular complexity index is 1100. The van der Waals surface area contributed by atoms with Crippen LogP contribution in [0.2, 0.25) is 0 Å². The molecule has 1 heterocycles. The first-order valence-corrected chi connectivity index (χ1v) is 18.2. The van der Waals surface area contributed by atoms with Gasteiger partial charge in [0.25, 0.3) is 0 Å². The lowest BCUT2D eigenvalue weighted by Crippen LogP contribution is -2.59. The second-order valence-electron chi connectivity index (χ2n) is 15.8. The van der Waals surface area contributed by atoms with Crippen LogP contribution in [0.1, 0.15) is 92.4 Å². The van der Waals surface area contributed by atoms with E-state index in [0.29, 0.717) is 32.1 Å². The Hall–Kier alpha value is -0.410. The summed E-state index contributed by atoms with van der Waals surface area (Å²) in [6, 6.07) is 0. The second kappa shape index (κ2) is 12.9. The number of aliphatic hydroxyl groups is 5. The largest absolute Gasteiger partial charge is 0.397 e. The molecule has 5 rings (SSSR count). The molecule has 0 radical (unpaired) electrons. The number of aliphatic hydroxyl groups excluding tert-OH is 5. The van der Waals surface area contributed by atoms with Crippen LogP contribution in [0.15, 0.2) is 0 Å². The molecule has 0 spiro atoms. The molecule has 4 unspecified atom stereocenters. The highest BCUT2D eigenvalue weighted by atomic mass is 32.3. The van der Waals surface area contributed by atoms with Gasteiger partial charge in [-0.3, -0.25) is 4.55 Å². The highest BCUT2D eigenvalue weighted by Gasteiger charge is 2.65. The molecule has 16 atom stereocenters. The Morgan fingerprint density at radius 1 is 0.864 bits per heavy atom. The minimum Gasteiger partial charge on any atom is -0.393 e. The topological polar surface area (TPSA) is 183 Å². The molecular formula is C32H56O11S. The molecule has 11 nitrogen and oxygen atoms in total. The van der Waals surface area contributed by atoms with E-state index >= 15 is 0 Å². The van der Waals surface area contributed by atoms with Crippen LogP contribution < -0.4 is 0 Å². The summed E-state index contributed by atoms with van der Waals surface area (Å²) in [4.78, 5) is 0. The SMILES string of the molecule is CC(C)[C@H](CC[C@@H](C)[C@H]1C[C@H](OS(=O)(=O)O)C2C3C[C@H](O)C4C[C@@H](O)CC[C@]4(C)C3CC[C@@]21C)O[C@@H]1OC[C@@H](O)[C@H](O)[C@H]1O. The minimum atomic E-state index is -4.69. The smallest absolute Gasteiger partial charge is 0.393 e. The lowest BCUT2D eigenvalue weighted by molar-refractivity contribution is -0.286. The molecule has 4 saturated carbocycles. The molecule has 0 aromatic carbocycles. The summed E-state index contributed by atoms with van der Waals surface area (Å²) in [7, 11) is -4.69. The zero-order valence-corrected chi connectivity index (χ0v) is 27.7. The summed E-state index contributed by atoms with van der Waals surface area (Å²) in [5.74, 6) is 0.540. The molecule has 0 aromatic rings. The third kappa shape index (κ3) is 6.51. The Morgan fingerprint density at radius 2 is 1.55 bits per heavy atom. The van der Waals surface area contributed by atoms with Crippen molar-refractivity contribution >= 4 is 10.4 Å². The van der Waals surface area contributed by atoms with Crippen molar-refractivity contribution in [1.82, 2.24) is 0 Å². The van der Waals surface area contributed by atoms with Gasteiger partial charge in [-0.2, -0.15) is 8.42 Å². The molecule has 0 amide bonds. The van der Waals surface area contributed by atoms with Crippen molar-refractivity contribution in [2.24, 2.45) is 52.3 Å². The van der Waals surface area contributed by atoms with Crippen molar-refractivity contribution in [2.45, 2.75) is 141 Å². The van der Waals surface area contributed by atoms with Gasteiger partial charge in [0, 0.05) is 0 Å². The van der Waals surface area contributed by atoms with Crippen molar-refractivity contribution < 1.29 is 52.2 Å². The average molecular weight is 649 g/mol. The second-order valence-corrected chi connectivity index (χ2v) is 16.9. The number of fused-ring (bicyclic) bond motifs is 5. The summed E-state index contributed by atoms with van der Waals surface area (Å²) >= 11 is 0. The average Bonchev–Trinajstić information content (AvgIpc) is 3.22. The van der Waals surface area contributed by atoms with Crippen molar-refractivity contribution in [1.29, 1.82) is 0 Å². The van der Waals surface area contributed by atoms with E-state index in [2.05, 4.69) is 20.8 Å². The Labute approximate surface area is 262 Å². The Morgan fingerprint density at radius 3 is 2.20 bits per heavy atom. The third-order valence-electron chi connectivity index (χ3n) is 13.0. The number of ether oxygens (including phenoxy) is 2. The van der Waals surface area contributed by atoms with E-state index in [9.17, 15) is 38.5 Å². The van der Waals surface area contributed by atoms with Gasteiger partial charge in [0.05, 0.1) is 31.0 Å². The van der Waals surface area contributed by atoms with Gasteiger partial charge >= 0.3 is 10.4 Å². The normalized spacial score (nSPS) is 49.2. The standard InChI is InChI=1S/C32H56O11S/c1-16(2)25(42-30-29(37)28(36)24(35)15-41-30)7-6-17(3)21-14-26(43-44(38,39)40)27-19-13-23(34)22-12-18(33)8-10-31(22,4)20(19)9-11-32(21,27)5/h16-30,33-37H,6-15H2,1-5H3,(H,38,39,40)/t17-,18+,19?,20?,21-,22?,23+,24-,25+,26+,27?,28+,29-,30+,31-,32-/m1/s1. The first-order valence-electron chi connectivity index (χ1n) is 16.8. The van der Waals surface area contributed by atoms with E-state index in [0.717, 1.165) is 25.7 Å². The Kier molecular flexibility index (Phi) is 10.2. The van der Waals surface area contributed by atoms with Crippen molar-refractivity contribution in [3.63, 3.8) is 0 Å². The van der Waals surface area contributed by atoms with Gasteiger partial charge in [-0.25, -0.2) is 4.18 Å². The van der Waals surface area contributed by atoms with E-state index < -0.39 is 53.3 Å². The van der Waals surface area contributed by atoms with Crippen LogP contribution in [-0.4, -0.2) is 94.1 Å². The van der Waals surface area contributed by atoms with Crippen molar-refractivity contribution in [2.75, 3.05) is 6.61 Å². The predicted octanol–water partition coefficient (Wildman–Crippen LogP) is 2.67. The maximum atomic E-state index is 12.1. The van der Waals surface area contributed by atoms with Crippen molar-refractivity contribution in [3.8, 4) is 0 Å². The van der Waals surface area contributed by atoms with Gasteiger partial charge in [-0.1, -0.05) is 34.6 Å². The van der Waals surface area contributed by atoms with Gasteiger partial charge in [-0.15, -0.1) is 0 Å². The van der Waals surface area contributed by atoms with Gasteiger partial charge in [0.1, 0.15) is 18.3 Å². The molecule has 1 saturated heterocycles. The van der Waals surface area contributed by atoms with Crippen LogP contribution in [0.4, 0.5) is 0 Å². The molecular weight excluding hydrogens is 592 g/mol. The van der Waals surface area contributed by atoms with E-state index in [1.165, 1.54) is 0 Å². The lowest BCUT2D eigenvalue weighted by Gasteiger charge is -2.62. The van der Waals surface area contributed by atoms with E-state index in [1.54, 1.807) is 0 Å². The van der Waals surface area contributed by atoms with E-state index in [4.69, 9.17) is 13.7 Å². The molecule has 0 aromatic heterocycles. The molecule has 0 bridgehead atoms. The lowest BCUT2D eigenvalue weighted by atomic mass is 9.43. The molecule has 256 valence electrons. The minimum absolute atomic E-state index is 0.0120. The molecule has 6 N–H and O–H groups in total. The number of rotatable bonds is 9. The molecule has 5 fully saturated rings. The molecule has 12 heteroatoms. The summed E-state index contributed by atoms with van der Waals surface area (Å²) in [5.41, 5.74) is -0.406. The van der Waals surface area contributed by atoms with Crippen LogP contribution in [0, 0.1) is 52.3 Å². The molecule has 1 aliphatic heterocycles. The van der Waals surface area contributed by atoms with Crippen molar-refractivity contribution in [3.05, 3.63) is 0 Å². The molecule has 4 aliphatic carbocycles. The third-order valence-corrected chi connectivity index (χ3v) is 13.5. The van der Waals surface area contributed by atoms with Gasteiger partial charge in [0.15, 0.2) is 6.29 Å². The van der Waals surface area contributed by atoms with Gasteiger partial charge < -0.3 is 35.0 Å². The quantitative estimate of drug-likeness (QED) is 0.202. The first kappa shape index (κ1) is 34.9. The summed E-state index contributed by atoms with van der Waals surface area (Å²) in [6.45, 7) is 10.6. The Balaban J connectivity index is 1.34. The van der Waals surface area contributed by atoms with Crippen LogP contribution >= 0.6 is 0 Å². The zero-order valence-electron chi connectivity index (χ0n) is 26.9. The highest BCUT2D eigenvalue weighted by Crippen LogP contribution is 2.69. The summed E-state index contributed by atoms with van der Waals surface area (Å²) in [6.07, 6.45) is -0.441. The number of hydrogen-bond acceptors (Lipinski definition) is 10. The fraction of sp³-hybridized carbons (Fsp3) is 1.00. The summed E-state index contributed by atoms with van der Waals surface area (Å²) < 4.78 is 51.2. The van der Waals surface area contributed by atoms with Crippen LogP contribution in [0.5, 0.6) is 0 Å². The number of hydrogen-bond donors (Lipinski definition) is 6. The fourth-order valence-electron chi connectivity index (χ4n) is 10.8. The fourth-order valence-corrected chi connectivity index (χ4v) is 11.3. The van der Waals surface area contributed by atoms with Gasteiger partial charge in [0.2, 0.25) is 0 Å². The maximum Gasteiger partial charge on any atom is 0.397 e. The van der Waals surface area contributed by atoms with E-state index in [1.807, 2.05) is 13.8 Å². The molecule has 44 heavy (non-hydrogen) atoms.